The lowest BCUT2D eigenvalue weighted by molar-refractivity contribution is -0.162. The number of nitrogens with zero attached hydrogens (tertiary/aromatic N) is 1. The lowest BCUT2D eigenvalue weighted by Gasteiger charge is -2.32. The summed E-state index contributed by atoms with van der Waals surface area (Å²) in [6.07, 6.45) is -0.170. The molecule has 0 spiro atoms. The highest BCUT2D eigenvalue weighted by Gasteiger charge is 2.34. The predicted molar refractivity (Wildman–Crippen MR) is 69.8 cm³/mol. The maximum Gasteiger partial charge on any atom is 0.333 e. The number of nitrogens with one attached hydrogen (secondary N) is 2. The molecule has 0 radical (unpaired) electrons. The Labute approximate surface area is 118 Å². The zero-order valence-electron chi connectivity index (χ0n) is 11.4. The Morgan fingerprint density at radius 2 is 1.62 bits per heavy atom. The molecule has 0 saturated carbocycles. The molecule has 0 fully saturated rings. The van der Waals surface area contributed by atoms with Crippen LogP contribution in [0.2, 0.25) is 0 Å². The zero-order valence-corrected chi connectivity index (χ0v) is 11.4. The number of carbonyl (C=O) groups excluding carboxylic acids is 1. The summed E-state index contributed by atoms with van der Waals surface area (Å²) in [7, 11) is 0. The standard InChI is InChI=1S/C11H17N3O7/c1-7(17)21-11(2-4-15,3-5-16)6-14-9(19)12-8(18)13-10(14)20/h15-16H,2-6H2,1H3,(H2,12,13,18,19,20). The van der Waals surface area contributed by atoms with Gasteiger partial charge in [-0.3, -0.25) is 14.8 Å². The molecule has 0 atom stereocenters. The van der Waals surface area contributed by atoms with Gasteiger partial charge in [-0.1, -0.05) is 0 Å². The molecule has 0 unspecified atom stereocenters. The van der Waals surface area contributed by atoms with Crippen molar-refractivity contribution in [1.29, 1.82) is 0 Å². The Bertz CT molecular complexity index is 617. The molecular weight excluding hydrogens is 286 g/mol. The summed E-state index contributed by atoms with van der Waals surface area (Å²) in [6, 6.07) is 0. The Kier molecular flexibility index (Phi) is 5.61. The van der Waals surface area contributed by atoms with Crippen LogP contribution >= 0.6 is 0 Å². The van der Waals surface area contributed by atoms with Crippen LogP contribution in [0.3, 0.4) is 0 Å². The fourth-order valence-electron chi connectivity index (χ4n) is 2.01. The van der Waals surface area contributed by atoms with E-state index in [9.17, 15) is 19.2 Å². The molecule has 0 aliphatic rings. The van der Waals surface area contributed by atoms with Crippen molar-refractivity contribution >= 4 is 5.97 Å². The minimum absolute atomic E-state index is 0.0852. The molecule has 0 aliphatic heterocycles. The third-order valence-electron chi connectivity index (χ3n) is 2.87. The molecule has 118 valence electrons. The second-order valence-corrected chi connectivity index (χ2v) is 4.50. The Hall–Kier alpha value is -2.20. The number of hydrogen-bond acceptors (Lipinski definition) is 7. The van der Waals surface area contributed by atoms with Crippen molar-refractivity contribution in [2.24, 2.45) is 0 Å². The van der Waals surface area contributed by atoms with Gasteiger partial charge in [-0.15, -0.1) is 0 Å². The molecule has 1 aromatic rings. The number of hydrogen-bond donors (Lipinski definition) is 4. The first-order valence-electron chi connectivity index (χ1n) is 6.18. The highest BCUT2D eigenvalue weighted by atomic mass is 16.6. The van der Waals surface area contributed by atoms with Gasteiger partial charge in [0.15, 0.2) is 0 Å². The molecule has 4 N–H and O–H groups in total. The summed E-state index contributed by atoms with van der Waals surface area (Å²) in [5.41, 5.74) is -4.33. The zero-order chi connectivity index (χ0) is 16.0. The van der Waals surface area contributed by atoms with Crippen LogP contribution < -0.4 is 17.1 Å². The van der Waals surface area contributed by atoms with Crippen LogP contribution in [-0.4, -0.2) is 49.5 Å². The molecule has 1 aromatic heterocycles. The number of carbonyl (C=O) groups is 1. The first-order valence-corrected chi connectivity index (χ1v) is 6.18. The molecule has 21 heavy (non-hydrogen) atoms. The van der Waals surface area contributed by atoms with Gasteiger partial charge >= 0.3 is 23.0 Å². The largest absolute Gasteiger partial charge is 0.457 e. The van der Waals surface area contributed by atoms with Crippen LogP contribution in [0.4, 0.5) is 0 Å². The summed E-state index contributed by atoms with van der Waals surface area (Å²) >= 11 is 0. The van der Waals surface area contributed by atoms with E-state index in [1.54, 1.807) is 0 Å². The molecule has 1 heterocycles. The van der Waals surface area contributed by atoms with E-state index in [2.05, 4.69) is 0 Å². The minimum atomic E-state index is -1.43. The van der Waals surface area contributed by atoms with E-state index in [4.69, 9.17) is 14.9 Å². The summed E-state index contributed by atoms with van der Waals surface area (Å²) in [6.45, 7) is -0.0470. The molecule has 10 heteroatoms. The maximum atomic E-state index is 11.7. The molecule has 0 aromatic carbocycles. The van der Waals surface area contributed by atoms with Crippen molar-refractivity contribution in [1.82, 2.24) is 14.5 Å². The first-order chi connectivity index (χ1) is 9.83. The van der Waals surface area contributed by atoms with Crippen molar-refractivity contribution in [3.8, 4) is 0 Å². The summed E-state index contributed by atoms with van der Waals surface area (Å²) in [5.74, 6) is -0.689. The Morgan fingerprint density at radius 1 is 1.14 bits per heavy atom. The molecule has 0 bridgehead atoms. The van der Waals surface area contributed by atoms with Crippen molar-refractivity contribution in [2.75, 3.05) is 13.2 Å². The fraction of sp³-hybridized carbons (Fsp3) is 0.636. The Morgan fingerprint density at radius 3 is 2.00 bits per heavy atom. The van der Waals surface area contributed by atoms with Crippen LogP contribution in [0.15, 0.2) is 14.4 Å². The number of aliphatic hydroxyl groups excluding tert-OH is 2. The third kappa shape index (κ3) is 4.39. The lowest BCUT2D eigenvalue weighted by Crippen LogP contribution is -2.50. The maximum absolute atomic E-state index is 11.7. The van der Waals surface area contributed by atoms with Crippen molar-refractivity contribution in [3.63, 3.8) is 0 Å². The van der Waals surface area contributed by atoms with Crippen LogP contribution in [0, 0.1) is 0 Å². The van der Waals surface area contributed by atoms with Crippen LogP contribution in [0.5, 0.6) is 0 Å². The molecule has 0 aliphatic carbocycles. The quantitative estimate of drug-likeness (QED) is 0.399. The monoisotopic (exact) mass is 303 g/mol. The third-order valence-corrected chi connectivity index (χ3v) is 2.87. The average Bonchev–Trinajstić information content (AvgIpc) is 2.33. The van der Waals surface area contributed by atoms with E-state index < -0.39 is 35.2 Å². The second kappa shape index (κ2) is 6.99. The smallest absolute Gasteiger partial charge is 0.333 e. The van der Waals surface area contributed by atoms with Gasteiger partial charge in [0.1, 0.15) is 5.60 Å². The molecular formula is C11H17N3O7. The first kappa shape index (κ1) is 16.9. The van der Waals surface area contributed by atoms with E-state index >= 15 is 0 Å². The van der Waals surface area contributed by atoms with Crippen molar-refractivity contribution in [2.45, 2.75) is 31.9 Å². The summed E-state index contributed by atoms with van der Waals surface area (Å²) in [5, 5.41) is 18.2. The van der Waals surface area contributed by atoms with E-state index in [1.165, 1.54) is 0 Å². The van der Waals surface area contributed by atoms with E-state index in [0.29, 0.717) is 4.57 Å². The Balaban J connectivity index is 3.28. The predicted octanol–water partition coefficient (Wildman–Crippen LogP) is -2.71. The normalized spacial score (nSPS) is 11.4. The number of aromatic amines is 2. The number of rotatable bonds is 7. The average molecular weight is 303 g/mol. The molecule has 1 rings (SSSR count). The van der Waals surface area contributed by atoms with Crippen molar-refractivity contribution in [3.05, 3.63) is 31.5 Å². The van der Waals surface area contributed by atoms with Crippen LogP contribution in [0.25, 0.3) is 0 Å². The SMILES string of the molecule is CC(=O)OC(CCO)(CCO)Cn1c(=O)[nH]c(=O)[nH]c1=O. The second-order valence-electron chi connectivity index (χ2n) is 4.50. The van der Waals surface area contributed by atoms with Gasteiger partial charge in [-0.25, -0.2) is 19.0 Å². The van der Waals surface area contributed by atoms with Crippen molar-refractivity contribution < 1.29 is 19.7 Å². The lowest BCUT2D eigenvalue weighted by atomic mass is 9.95. The van der Waals surface area contributed by atoms with E-state index in [-0.39, 0.29) is 26.1 Å². The van der Waals surface area contributed by atoms with Gasteiger partial charge < -0.3 is 14.9 Å². The number of ether oxygens (including phenoxy) is 1. The van der Waals surface area contributed by atoms with Gasteiger partial charge in [-0.05, 0) is 0 Å². The summed E-state index contributed by atoms with van der Waals surface area (Å²) < 4.78 is 5.73. The number of H-pyrrole nitrogens is 2. The highest BCUT2D eigenvalue weighted by Crippen LogP contribution is 2.22. The fourth-order valence-corrected chi connectivity index (χ4v) is 2.01. The van der Waals surface area contributed by atoms with Gasteiger partial charge in [0.2, 0.25) is 0 Å². The van der Waals surface area contributed by atoms with Gasteiger partial charge in [0, 0.05) is 33.0 Å². The molecule has 10 nitrogen and oxygen atoms in total. The highest BCUT2D eigenvalue weighted by molar-refractivity contribution is 5.66. The summed E-state index contributed by atoms with van der Waals surface area (Å²) in [4.78, 5) is 49.2. The minimum Gasteiger partial charge on any atom is -0.457 e. The topological polar surface area (TPSA) is 154 Å². The van der Waals surface area contributed by atoms with Crippen LogP contribution in [-0.2, 0) is 16.1 Å². The van der Waals surface area contributed by atoms with Gasteiger partial charge in [0.25, 0.3) is 0 Å². The molecule has 0 saturated heterocycles. The van der Waals surface area contributed by atoms with Gasteiger partial charge in [-0.2, -0.15) is 0 Å². The van der Waals surface area contributed by atoms with Crippen LogP contribution in [0.1, 0.15) is 19.8 Å². The van der Waals surface area contributed by atoms with Gasteiger partial charge in [0.05, 0.1) is 6.54 Å². The van der Waals surface area contributed by atoms with E-state index in [1.807, 2.05) is 9.97 Å². The molecule has 0 amide bonds. The number of aromatic nitrogens is 3. The number of esters is 1. The van der Waals surface area contributed by atoms with E-state index in [0.717, 1.165) is 6.92 Å². The number of aliphatic hydroxyl groups is 2.